The normalized spacial score (nSPS) is 14.0. The minimum atomic E-state index is -0.563. The Bertz CT molecular complexity index is 720. The smallest absolute Gasteiger partial charge is 0.342 e. The lowest BCUT2D eigenvalue weighted by molar-refractivity contribution is 0.0600. The maximum atomic E-state index is 11.8. The van der Waals surface area contributed by atoms with Crippen molar-refractivity contribution in [3.05, 3.63) is 62.9 Å². The van der Waals surface area contributed by atoms with E-state index in [1.54, 1.807) is 0 Å². The topological polar surface area (TPSA) is 42.4 Å². The zero-order valence-electron chi connectivity index (χ0n) is 12.0. The number of pyridine rings is 1. The highest BCUT2D eigenvalue weighted by atomic mass is 35.5. The van der Waals surface area contributed by atoms with E-state index in [2.05, 4.69) is 22.0 Å². The van der Waals surface area contributed by atoms with Crippen molar-refractivity contribution in [1.82, 2.24) is 9.88 Å². The van der Waals surface area contributed by atoms with Crippen LogP contribution in [0, 0.1) is 0 Å². The van der Waals surface area contributed by atoms with E-state index in [-0.39, 0.29) is 10.7 Å². The maximum Gasteiger partial charge on any atom is 0.342 e. The Kier molecular flexibility index (Phi) is 4.34. The van der Waals surface area contributed by atoms with Crippen molar-refractivity contribution in [3.63, 3.8) is 0 Å². The number of hydrogen-bond acceptors (Lipinski definition) is 4. The molecule has 0 saturated carbocycles. The highest BCUT2D eigenvalue weighted by Gasteiger charge is 2.29. The summed E-state index contributed by atoms with van der Waals surface area (Å²) in [6, 6.07) is 10.2. The molecule has 22 heavy (non-hydrogen) atoms. The van der Waals surface area contributed by atoms with Crippen LogP contribution in [0.15, 0.2) is 30.3 Å². The molecule has 0 aliphatic carbocycles. The number of aromatic nitrogens is 1. The lowest BCUT2D eigenvalue weighted by Crippen LogP contribution is -2.15. The molecule has 0 spiro atoms. The molecule has 0 fully saturated rings. The third-order valence-corrected chi connectivity index (χ3v) is 4.36. The van der Waals surface area contributed by atoms with Crippen LogP contribution < -0.4 is 0 Å². The summed E-state index contributed by atoms with van der Waals surface area (Å²) in [4.78, 5) is 18.3. The van der Waals surface area contributed by atoms with Gasteiger partial charge in [-0.2, -0.15) is 0 Å². The minimum absolute atomic E-state index is 0.0946. The highest BCUT2D eigenvalue weighted by molar-refractivity contribution is 6.39. The van der Waals surface area contributed by atoms with Gasteiger partial charge in [-0.25, -0.2) is 9.78 Å². The van der Waals surface area contributed by atoms with Gasteiger partial charge in [0.25, 0.3) is 0 Å². The van der Waals surface area contributed by atoms with Crippen molar-refractivity contribution in [2.45, 2.75) is 19.6 Å². The largest absolute Gasteiger partial charge is 0.465 e. The van der Waals surface area contributed by atoms with Crippen LogP contribution in [0.4, 0.5) is 0 Å². The summed E-state index contributed by atoms with van der Waals surface area (Å²) < 4.78 is 4.72. The Hall–Kier alpha value is -1.62. The van der Waals surface area contributed by atoms with Crippen molar-refractivity contribution in [1.29, 1.82) is 0 Å². The SMILES string of the molecule is COC(=O)c1c(Cl)nc2c(c1Cl)CN(Cc1ccccc1)C2. The number of carbonyl (C=O) groups excluding carboxylic acids is 1. The average molecular weight is 337 g/mol. The number of hydrogen-bond donors (Lipinski definition) is 0. The molecule has 114 valence electrons. The van der Waals surface area contributed by atoms with Gasteiger partial charge in [0.1, 0.15) is 10.7 Å². The first-order valence-corrected chi connectivity index (χ1v) is 7.57. The highest BCUT2D eigenvalue weighted by Crippen LogP contribution is 2.35. The van der Waals surface area contributed by atoms with E-state index < -0.39 is 5.97 Å². The van der Waals surface area contributed by atoms with Crippen LogP contribution in [0.1, 0.15) is 27.2 Å². The Labute approximate surface area is 138 Å². The van der Waals surface area contributed by atoms with Gasteiger partial charge in [-0.3, -0.25) is 4.90 Å². The fraction of sp³-hybridized carbons (Fsp3) is 0.250. The van der Waals surface area contributed by atoms with E-state index in [1.807, 2.05) is 18.2 Å². The van der Waals surface area contributed by atoms with E-state index in [1.165, 1.54) is 12.7 Å². The maximum absolute atomic E-state index is 11.8. The van der Waals surface area contributed by atoms with E-state index in [4.69, 9.17) is 27.9 Å². The number of esters is 1. The fourth-order valence-electron chi connectivity index (χ4n) is 2.62. The summed E-state index contributed by atoms with van der Waals surface area (Å²) in [6.07, 6.45) is 0. The van der Waals surface area contributed by atoms with Gasteiger partial charge in [0.05, 0.1) is 17.8 Å². The number of benzene rings is 1. The summed E-state index contributed by atoms with van der Waals surface area (Å²) in [5, 5.41) is 0.439. The molecule has 3 rings (SSSR count). The van der Waals surface area contributed by atoms with E-state index in [0.29, 0.717) is 18.1 Å². The second-order valence-electron chi connectivity index (χ2n) is 5.14. The molecule has 0 radical (unpaired) electrons. The molecule has 0 bridgehead atoms. The number of carbonyl (C=O) groups is 1. The predicted octanol–water partition coefficient (Wildman–Crippen LogP) is 3.69. The first-order chi connectivity index (χ1) is 10.6. The number of rotatable bonds is 3. The third-order valence-electron chi connectivity index (χ3n) is 3.67. The number of fused-ring (bicyclic) bond motifs is 1. The van der Waals surface area contributed by atoms with Gasteiger partial charge in [-0.15, -0.1) is 0 Å². The first kappa shape index (κ1) is 15.3. The summed E-state index contributed by atoms with van der Waals surface area (Å²) in [7, 11) is 1.30. The molecule has 0 amide bonds. The van der Waals surface area contributed by atoms with Gasteiger partial charge in [0.2, 0.25) is 0 Å². The number of ether oxygens (including phenoxy) is 1. The standard InChI is InChI=1S/C16H14Cl2N2O2/c1-22-16(21)13-14(17)11-8-20(9-12(11)19-15(13)18)7-10-5-3-2-4-6-10/h2-6H,7-9H2,1H3. The molecule has 1 aliphatic rings. The van der Waals surface area contributed by atoms with E-state index in [0.717, 1.165) is 17.8 Å². The minimum Gasteiger partial charge on any atom is -0.465 e. The molecule has 4 nitrogen and oxygen atoms in total. The number of nitrogens with zero attached hydrogens (tertiary/aromatic N) is 2. The van der Waals surface area contributed by atoms with Crippen molar-refractivity contribution < 1.29 is 9.53 Å². The Morgan fingerprint density at radius 3 is 2.68 bits per heavy atom. The lowest BCUT2D eigenvalue weighted by atomic mass is 10.1. The molecule has 2 aromatic rings. The number of halogens is 2. The molecule has 6 heteroatoms. The van der Waals surface area contributed by atoms with Crippen molar-refractivity contribution in [2.24, 2.45) is 0 Å². The van der Waals surface area contributed by atoms with Crippen molar-refractivity contribution >= 4 is 29.2 Å². The Balaban J connectivity index is 1.87. The molecule has 0 atom stereocenters. The molecule has 0 unspecified atom stereocenters. The van der Waals surface area contributed by atoms with Crippen LogP contribution in [-0.2, 0) is 24.4 Å². The van der Waals surface area contributed by atoms with Crippen LogP contribution >= 0.6 is 23.2 Å². The molecular formula is C16H14Cl2N2O2. The average Bonchev–Trinajstić information content (AvgIpc) is 2.90. The monoisotopic (exact) mass is 336 g/mol. The van der Waals surface area contributed by atoms with E-state index in [9.17, 15) is 4.79 Å². The number of methoxy groups -OCH3 is 1. The summed E-state index contributed by atoms with van der Waals surface area (Å²) in [5.41, 5.74) is 3.03. The molecule has 1 aromatic carbocycles. The first-order valence-electron chi connectivity index (χ1n) is 6.81. The van der Waals surface area contributed by atoms with Gasteiger partial charge in [-0.1, -0.05) is 53.5 Å². The van der Waals surface area contributed by atoms with Gasteiger partial charge in [-0.05, 0) is 5.56 Å². The Morgan fingerprint density at radius 2 is 2.00 bits per heavy atom. The van der Waals surface area contributed by atoms with Gasteiger partial charge in [0, 0.05) is 25.2 Å². The third kappa shape index (κ3) is 2.82. The van der Waals surface area contributed by atoms with Crippen LogP contribution in [0.2, 0.25) is 10.2 Å². The molecule has 0 N–H and O–H groups in total. The molecule has 1 aromatic heterocycles. The van der Waals surface area contributed by atoms with Gasteiger partial charge >= 0.3 is 5.97 Å². The Morgan fingerprint density at radius 1 is 1.27 bits per heavy atom. The molecule has 0 saturated heterocycles. The second kappa shape index (κ2) is 6.24. The van der Waals surface area contributed by atoms with Gasteiger partial charge in [0.15, 0.2) is 0 Å². The predicted molar refractivity (Wildman–Crippen MR) is 85.0 cm³/mol. The summed E-state index contributed by atoms with van der Waals surface area (Å²) in [5.74, 6) is -0.563. The van der Waals surface area contributed by atoms with Crippen LogP contribution in [0.25, 0.3) is 0 Å². The van der Waals surface area contributed by atoms with Gasteiger partial charge < -0.3 is 4.74 Å². The summed E-state index contributed by atoms with van der Waals surface area (Å²) in [6.45, 7) is 2.08. The quantitative estimate of drug-likeness (QED) is 0.633. The van der Waals surface area contributed by atoms with Crippen LogP contribution in [0.5, 0.6) is 0 Å². The van der Waals surface area contributed by atoms with E-state index >= 15 is 0 Å². The summed E-state index contributed by atoms with van der Waals surface area (Å²) >= 11 is 12.4. The zero-order valence-corrected chi connectivity index (χ0v) is 13.5. The second-order valence-corrected chi connectivity index (χ2v) is 5.88. The van der Waals surface area contributed by atoms with Crippen molar-refractivity contribution in [2.75, 3.05) is 7.11 Å². The molecular weight excluding hydrogens is 323 g/mol. The zero-order chi connectivity index (χ0) is 15.7. The van der Waals surface area contributed by atoms with Crippen LogP contribution in [-0.4, -0.2) is 23.0 Å². The molecule has 2 heterocycles. The van der Waals surface area contributed by atoms with Crippen molar-refractivity contribution in [3.8, 4) is 0 Å². The lowest BCUT2D eigenvalue weighted by Gasteiger charge is -2.14. The fourth-order valence-corrected chi connectivity index (χ4v) is 3.28. The molecule has 1 aliphatic heterocycles. The van der Waals surface area contributed by atoms with Crippen LogP contribution in [0.3, 0.4) is 0 Å².